The molecule has 92 valence electrons. The highest BCUT2D eigenvalue weighted by molar-refractivity contribution is 4.98. The Kier molecular flexibility index (Phi) is 3.16. The summed E-state index contributed by atoms with van der Waals surface area (Å²) in [6.45, 7) is 1.11. The maximum atomic E-state index is 9.65. The predicted octanol–water partition coefficient (Wildman–Crippen LogP) is 0.436. The molecule has 2 saturated heterocycles. The largest absolute Gasteiger partial charge is 0.388 e. The molecule has 0 spiro atoms. The minimum Gasteiger partial charge on any atom is -0.388 e. The van der Waals surface area contributed by atoms with Crippen molar-refractivity contribution in [2.45, 2.75) is 62.5 Å². The first kappa shape index (κ1) is 11.0. The number of rotatable bonds is 2. The van der Waals surface area contributed by atoms with Crippen LogP contribution in [0.4, 0.5) is 0 Å². The minimum atomic E-state index is -0.428. The number of fused-ring (bicyclic) bond motifs is 1. The van der Waals surface area contributed by atoms with E-state index in [1.54, 1.807) is 0 Å². The number of ether oxygens (including phenoxy) is 2. The number of hydrogen-bond donors (Lipinski definition) is 2. The third-order valence-electron chi connectivity index (χ3n) is 4.08. The monoisotopic (exact) mass is 227 g/mol. The first-order chi connectivity index (χ1) is 7.84. The van der Waals surface area contributed by atoms with Crippen LogP contribution in [0.3, 0.4) is 0 Å². The van der Waals surface area contributed by atoms with Gasteiger partial charge in [0.25, 0.3) is 0 Å². The topological polar surface area (TPSA) is 50.7 Å². The first-order valence-electron chi connectivity index (χ1n) is 6.52. The highest BCUT2D eigenvalue weighted by Crippen LogP contribution is 2.28. The van der Waals surface area contributed by atoms with Gasteiger partial charge < -0.3 is 19.9 Å². The van der Waals surface area contributed by atoms with Gasteiger partial charge in [-0.2, -0.15) is 0 Å². The summed E-state index contributed by atoms with van der Waals surface area (Å²) < 4.78 is 11.2. The summed E-state index contributed by atoms with van der Waals surface area (Å²) in [6.07, 6.45) is 6.14. The summed E-state index contributed by atoms with van der Waals surface area (Å²) in [5.74, 6) is 0. The molecule has 16 heavy (non-hydrogen) atoms. The van der Waals surface area contributed by atoms with Gasteiger partial charge in [-0.1, -0.05) is 19.3 Å². The molecule has 2 heterocycles. The Hall–Kier alpha value is -0.160. The van der Waals surface area contributed by atoms with Gasteiger partial charge in [0.05, 0.1) is 19.3 Å². The van der Waals surface area contributed by atoms with E-state index in [-0.39, 0.29) is 18.2 Å². The van der Waals surface area contributed by atoms with Crippen LogP contribution in [0.1, 0.15) is 32.1 Å². The zero-order valence-corrected chi connectivity index (χ0v) is 9.60. The van der Waals surface area contributed by atoms with Gasteiger partial charge >= 0.3 is 0 Å². The van der Waals surface area contributed by atoms with Crippen LogP contribution in [-0.4, -0.2) is 48.7 Å². The summed E-state index contributed by atoms with van der Waals surface area (Å²) in [5, 5.41) is 13.3. The van der Waals surface area contributed by atoms with E-state index >= 15 is 0 Å². The van der Waals surface area contributed by atoms with Crippen LogP contribution in [0.5, 0.6) is 0 Å². The third kappa shape index (κ3) is 1.99. The lowest BCUT2D eigenvalue weighted by Gasteiger charge is -2.27. The Labute approximate surface area is 96.3 Å². The Balaban J connectivity index is 1.55. The van der Waals surface area contributed by atoms with E-state index in [2.05, 4.69) is 5.32 Å². The second kappa shape index (κ2) is 4.61. The Morgan fingerprint density at radius 2 is 1.69 bits per heavy atom. The number of aliphatic hydroxyl groups excluding tert-OH is 1. The summed E-state index contributed by atoms with van der Waals surface area (Å²) in [5.41, 5.74) is 0. The van der Waals surface area contributed by atoms with E-state index in [1.165, 1.54) is 32.1 Å². The molecule has 2 aliphatic heterocycles. The summed E-state index contributed by atoms with van der Waals surface area (Å²) in [6, 6.07) is 0.910. The normalized spacial score (nSPS) is 44.8. The van der Waals surface area contributed by atoms with E-state index < -0.39 is 6.10 Å². The Morgan fingerprint density at radius 1 is 0.938 bits per heavy atom. The zero-order chi connectivity index (χ0) is 11.0. The highest BCUT2D eigenvalue weighted by atomic mass is 16.6. The van der Waals surface area contributed by atoms with Gasteiger partial charge in [-0.3, -0.25) is 0 Å². The molecule has 0 aromatic rings. The molecule has 0 radical (unpaired) electrons. The quantitative estimate of drug-likeness (QED) is 0.718. The van der Waals surface area contributed by atoms with E-state index in [0.717, 1.165) is 0 Å². The molecule has 4 atom stereocenters. The molecule has 3 fully saturated rings. The second-order valence-corrected chi connectivity index (χ2v) is 5.27. The second-order valence-electron chi connectivity index (χ2n) is 5.27. The van der Waals surface area contributed by atoms with Crippen molar-refractivity contribution in [3.05, 3.63) is 0 Å². The van der Waals surface area contributed by atoms with Crippen molar-refractivity contribution in [1.29, 1.82) is 0 Å². The van der Waals surface area contributed by atoms with Crippen molar-refractivity contribution in [3.63, 3.8) is 0 Å². The van der Waals surface area contributed by atoms with Crippen molar-refractivity contribution in [1.82, 2.24) is 5.32 Å². The van der Waals surface area contributed by atoms with Gasteiger partial charge in [0.15, 0.2) is 0 Å². The summed E-state index contributed by atoms with van der Waals surface area (Å²) in [7, 11) is 0. The van der Waals surface area contributed by atoms with Gasteiger partial charge in [0.1, 0.15) is 18.3 Å². The van der Waals surface area contributed by atoms with Crippen molar-refractivity contribution < 1.29 is 14.6 Å². The molecule has 3 rings (SSSR count). The molecule has 0 amide bonds. The molecule has 0 aromatic carbocycles. The molecule has 3 aliphatic rings. The smallest absolute Gasteiger partial charge is 0.113 e. The molecule has 0 unspecified atom stereocenters. The van der Waals surface area contributed by atoms with Crippen molar-refractivity contribution in [2.75, 3.05) is 13.2 Å². The lowest BCUT2D eigenvalue weighted by molar-refractivity contribution is 0.0176. The van der Waals surface area contributed by atoms with Crippen LogP contribution in [-0.2, 0) is 9.47 Å². The molecule has 4 nitrogen and oxygen atoms in total. The predicted molar refractivity (Wildman–Crippen MR) is 59.3 cm³/mol. The van der Waals surface area contributed by atoms with E-state index in [4.69, 9.17) is 9.47 Å². The van der Waals surface area contributed by atoms with Crippen LogP contribution >= 0.6 is 0 Å². The summed E-state index contributed by atoms with van der Waals surface area (Å²) in [4.78, 5) is 0. The number of nitrogens with one attached hydrogen (secondary N) is 1. The first-order valence-corrected chi connectivity index (χ1v) is 6.52. The van der Waals surface area contributed by atoms with Crippen LogP contribution in [0, 0.1) is 0 Å². The molecule has 1 saturated carbocycles. The minimum absolute atomic E-state index is 0.0666. The number of hydrogen-bond acceptors (Lipinski definition) is 4. The summed E-state index contributed by atoms with van der Waals surface area (Å²) >= 11 is 0. The van der Waals surface area contributed by atoms with E-state index in [0.29, 0.717) is 19.3 Å². The lowest BCUT2D eigenvalue weighted by Crippen LogP contribution is -2.46. The van der Waals surface area contributed by atoms with Crippen LogP contribution in [0.15, 0.2) is 0 Å². The highest BCUT2D eigenvalue weighted by Gasteiger charge is 2.47. The average Bonchev–Trinajstić information content (AvgIpc) is 2.86. The fourth-order valence-corrected chi connectivity index (χ4v) is 3.19. The van der Waals surface area contributed by atoms with Gasteiger partial charge in [-0.25, -0.2) is 0 Å². The molecule has 0 bridgehead atoms. The molecule has 0 aromatic heterocycles. The molecule has 2 N–H and O–H groups in total. The van der Waals surface area contributed by atoms with Gasteiger partial charge in [-0.15, -0.1) is 0 Å². The van der Waals surface area contributed by atoms with Crippen LogP contribution in [0.2, 0.25) is 0 Å². The third-order valence-corrected chi connectivity index (χ3v) is 4.08. The van der Waals surface area contributed by atoms with Crippen molar-refractivity contribution in [2.24, 2.45) is 0 Å². The maximum absolute atomic E-state index is 9.65. The Bertz CT molecular complexity index is 242. The SMILES string of the molecule is O[C@@H]1CO[C@H]2[C@@H]1OC[C@H]2NC1CCCCC1. The standard InChI is InChI=1S/C12H21NO3/c14-10-7-16-11-9(6-15-12(10)11)13-8-4-2-1-3-5-8/h8-14H,1-7H2/t9-,10-,11-,12-/m1/s1. The van der Waals surface area contributed by atoms with E-state index in [1.807, 2.05) is 0 Å². The van der Waals surface area contributed by atoms with Crippen LogP contribution < -0.4 is 5.32 Å². The van der Waals surface area contributed by atoms with Gasteiger partial charge in [0, 0.05) is 6.04 Å². The maximum Gasteiger partial charge on any atom is 0.113 e. The molecule has 1 aliphatic carbocycles. The average molecular weight is 227 g/mol. The van der Waals surface area contributed by atoms with E-state index in [9.17, 15) is 5.11 Å². The van der Waals surface area contributed by atoms with Crippen molar-refractivity contribution in [3.8, 4) is 0 Å². The molecule has 4 heteroatoms. The lowest BCUT2D eigenvalue weighted by atomic mass is 9.94. The number of aliphatic hydroxyl groups is 1. The zero-order valence-electron chi connectivity index (χ0n) is 9.60. The van der Waals surface area contributed by atoms with Crippen molar-refractivity contribution >= 4 is 0 Å². The molecular formula is C12H21NO3. The van der Waals surface area contributed by atoms with Crippen LogP contribution in [0.25, 0.3) is 0 Å². The van der Waals surface area contributed by atoms with Gasteiger partial charge in [0.2, 0.25) is 0 Å². The Morgan fingerprint density at radius 3 is 2.50 bits per heavy atom. The van der Waals surface area contributed by atoms with Gasteiger partial charge in [-0.05, 0) is 12.8 Å². The fourth-order valence-electron chi connectivity index (χ4n) is 3.19. The fraction of sp³-hybridized carbons (Fsp3) is 1.00. The molecular weight excluding hydrogens is 206 g/mol.